The number of aromatic nitrogens is 2. The fraction of sp³-hybridized carbons (Fsp3) is 0.393. The molecule has 12 heteroatoms. The molecule has 0 amide bonds. The van der Waals surface area contributed by atoms with Gasteiger partial charge in [0.2, 0.25) is 0 Å². The predicted octanol–water partition coefficient (Wildman–Crippen LogP) is 12.1. The van der Waals surface area contributed by atoms with E-state index in [2.05, 4.69) is 138 Å². The third-order valence-electron chi connectivity index (χ3n) is 14.7. The molecule has 9 rings (SSSR count). The summed E-state index contributed by atoms with van der Waals surface area (Å²) >= 11 is 6.21. The molecule has 4 aromatic carbocycles. The summed E-state index contributed by atoms with van der Waals surface area (Å²) in [6.45, 7) is 28.8. The molecule has 68 heavy (non-hydrogen) atoms. The lowest BCUT2D eigenvalue weighted by Gasteiger charge is -2.32. The molecule has 2 unspecified atom stereocenters. The number of benzene rings is 4. The summed E-state index contributed by atoms with van der Waals surface area (Å²) in [5.41, 5.74) is 5.56. The van der Waals surface area contributed by atoms with Gasteiger partial charge >= 0.3 is 22.5 Å². The highest BCUT2D eigenvalue weighted by Crippen LogP contribution is 2.41. The maximum atomic E-state index is 6.29. The maximum absolute atomic E-state index is 6.29. The Morgan fingerprint density at radius 3 is 1.10 bits per heavy atom. The Morgan fingerprint density at radius 1 is 0.412 bits per heavy atom. The summed E-state index contributed by atoms with van der Waals surface area (Å²) < 4.78 is 33.4. The SMILES string of the molecule is CC(c1ccccc1)(c1cccc(B2OC(C)(C)C(C)(C)O2)c1)c1ccccn1.CC(c1ccccc1)(c1cccc(Cl)c1)c1ccccn1.CC1(C)O[B]OC1(C)C.CC1(C)O[B]OC1(C)C. The zero-order chi connectivity index (χ0) is 49.7. The first-order valence-electron chi connectivity index (χ1n) is 23.4. The summed E-state index contributed by atoms with van der Waals surface area (Å²) in [5, 5.41) is 0.741. The molecule has 0 N–H and O–H groups in total. The molecule has 6 aromatic rings. The van der Waals surface area contributed by atoms with Crippen LogP contribution in [0.4, 0.5) is 0 Å². The Bertz CT molecular complexity index is 2390. The van der Waals surface area contributed by atoms with E-state index in [1.54, 1.807) is 0 Å². The van der Waals surface area contributed by atoms with Gasteiger partial charge in [-0.05, 0) is 161 Å². The van der Waals surface area contributed by atoms with Crippen LogP contribution in [0.3, 0.4) is 0 Å². The molecule has 2 radical (unpaired) electrons. The monoisotopic (exact) mass is 933 g/mol. The van der Waals surface area contributed by atoms with E-state index in [1.807, 2.05) is 122 Å². The van der Waals surface area contributed by atoms with Gasteiger partial charge in [0.05, 0.1) is 55.8 Å². The highest BCUT2D eigenvalue weighted by atomic mass is 35.5. The molecule has 354 valence electrons. The smallest absolute Gasteiger partial charge is 0.405 e. The average molecular weight is 933 g/mol. The van der Waals surface area contributed by atoms with Gasteiger partial charge in [-0.15, -0.1) is 0 Å². The van der Waals surface area contributed by atoms with Gasteiger partial charge in [-0.3, -0.25) is 9.97 Å². The predicted molar refractivity (Wildman–Crippen MR) is 278 cm³/mol. The standard InChI is InChI=1S/C25H28BNO2.C19H16ClN.2C6H12BO2/c1-23(2)24(3,4)29-26(28-23)21-15-11-14-20(18-21)25(5,19-12-7-6-8-13-19)22-16-9-10-17-27-22;1-19(15-8-3-2-4-9-15,18-12-5-6-13-21-18)16-10-7-11-17(20)14-16;2*1-5(2)6(3,4)9-7-8-5/h6-18H,1-5H3;2-14H,1H3;2*1-4H3. The highest BCUT2D eigenvalue weighted by Gasteiger charge is 2.52. The highest BCUT2D eigenvalue weighted by molar-refractivity contribution is 6.62. The van der Waals surface area contributed by atoms with E-state index in [4.69, 9.17) is 44.5 Å². The van der Waals surface area contributed by atoms with Gasteiger partial charge in [-0.1, -0.05) is 121 Å². The van der Waals surface area contributed by atoms with Crippen molar-refractivity contribution < 1.29 is 27.9 Å². The summed E-state index contributed by atoms with van der Waals surface area (Å²) in [5.74, 6) is 0. The van der Waals surface area contributed by atoms with Crippen molar-refractivity contribution in [3.8, 4) is 0 Å². The van der Waals surface area contributed by atoms with E-state index in [0.29, 0.717) is 0 Å². The molecule has 2 aromatic heterocycles. The van der Waals surface area contributed by atoms with E-state index in [1.165, 1.54) is 26.5 Å². The van der Waals surface area contributed by atoms with Crippen molar-refractivity contribution in [1.82, 2.24) is 9.97 Å². The van der Waals surface area contributed by atoms with Crippen LogP contribution in [0.15, 0.2) is 158 Å². The van der Waals surface area contributed by atoms with Gasteiger partial charge < -0.3 is 27.9 Å². The molecule has 0 spiro atoms. The lowest BCUT2D eigenvalue weighted by atomic mass is 9.70. The van der Waals surface area contributed by atoms with E-state index in [9.17, 15) is 0 Å². The molecule has 8 nitrogen and oxygen atoms in total. The second kappa shape index (κ2) is 20.8. The Morgan fingerprint density at radius 2 is 0.765 bits per heavy atom. The molecule has 0 saturated carbocycles. The first kappa shape index (κ1) is 52.8. The normalized spacial score (nSPS) is 20.5. The largest absolute Gasteiger partial charge is 0.494 e. The fourth-order valence-corrected chi connectivity index (χ4v) is 7.85. The topological polar surface area (TPSA) is 81.2 Å². The van der Waals surface area contributed by atoms with Gasteiger partial charge in [0.1, 0.15) is 0 Å². The minimum Gasteiger partial charge on any atom is -0.405 e. The summed E-state index contributed by atoms with van der Waals surface area (Å²) in [6, 6.07) is 49.6. The van der Waals surface area contributed by atoms with Gasteiger partial charge in [-0.25, -0.2) is 0 Å². The van der Waals surface area contributed by atoms with Crippen LogP contribution in [-0.2, 0) is 38.8 Å². The van der Waals surface area contributed by atoms with E-state index >= 15 is 0 Å². The molecule has 3 saturated heterocycles. The summed E-state index contributed by atoms with van der Waals surface area (Å²) in [4.78, 5) is 9.30. The van der Waals surface area contributed by atoms with Crippen molar-refractivity contribution in [2.24, 2.45) is 0 Å². The number of nitrogens with zero attached hydrogens (tertiary/aromatic N) is 2. The maximum Gasteiger partial charge on any atom is 0.494 e. The third-order valence-corrected chi connectivity index (χ3v) is 15.0. The lowest BCUT2D eigenvalue weighted by Crippen LogP contribution is -2.41. The van der Waals surface area contributed by atoms with Crippen LogP contribution < -0.4 is 5.46 Å². The van der Waals surface area contributed by atoms with Crippen molar-refractivity contribution in [2.45, 2.75) is 141 Å². The summed E-state index contributed by atoms with van der Waals surface area (Å²) in [6.07, 6.45) is 3.69. The van der Waals surface area contributed by atoms with E-state index < -0.39 is 0 Å². The van der Waals surface area contributed by atoms with Crippen LogP contribution >= 0.6 is 11.6 Å². The molecular weight excluding hydrogens is 865 g/mol. The quantitative estimate of drug-likeness (QED) is 0.146. The Labute approximate surface area is 413 Å². The first-order chi connectivity index (χ1) is 31.9. The Hall–Kier alpha value is -4.58. The minimum absolute atomic E-state index is 0.187. The van der Waals surface area contributed by atoms with E-state index in [0.717, 1.165) is 33.0 Å². The molecule has 3 aliphatic heterocycles. The second-order valence-electron chi connectivity index (χ2n) is 20.8. The molecule has 0 aliphatic carbocycles. The van der Waals surface area contributed by atoms with Crippen LogP contribution in [0, 0.1) is 0 Å². The van der Waals surface area contributed by atoms with Crippen molar-refractivity contribution in [2.75, 3.05) is 0 Å². The molecule has 0 bridgehead atoms. The van der Waals surface area contributed by atoms with Crippen LogP contribution in [0.1, 0.15) is 131 Å². The van der Waals surface area contributed by atoms with Gasteiger partial charge in [0.25, 0.3) is 0 Å². The number of pyridine rings is 2. The van der Waals surface area contributed by atoms with Crippen molar-refractivity contribution in [3.63, 3.8) is 0 Å². The minimum atomic E-state index is -0.387. The second-order valence-corrected chi connectivity index (χ2v) is 21.3. The number of hydrogen-bond acceptors (Lipinski definition) is 8. The molecular formula is C56H68B3ClN2O6. The van der Waals surface area contributed by atoms with Gasteiger partial charge in [0.15, 0.2) is 0 Å². The Balaban J connectivity index is 0.000000168. The Kier molecular flexibility index (Phi) is 16.1. The number of rotatable bonds is 7. The summed E-state index contributed by atoms with van der Waals surface area (Å²) in [7, 11) is 2.45. The van der Waals surface area contributed by atoms with Gasteiger partial charge in [-0.2, -0.15) is 0 Å². The lowest BCUT2D eigenvalue weighted by molar-refractivity contribution is 0.00578. The number of hydrogen-bond donors (Lipinski definition) is 0. The third kappa shape index (κ3) is 11.4. The van der Waals surface area contributed by atoms with Crippen molar-refractivity contribution >= 4 is 39.6 Å². The average Bonchev–Trinajstić information content (AvgIpc) is 3.83. The van der Waals surface area contributed by atoms with Crippen LogP contribution in [0.2, 0.25) is 5.02 Å². The first-order valence-corrected chi connectivity index (χ1v) is 23.7. The van der Waals surface area contributed by atoms with Crippen LogP contribution in [-0.4, -0.2) is 66.1 Å². The molecule has 3 aliphatic rings. The van der Waals surface area contributed by atoms with E-state index in [-0.39, 0.29) is 51.6 Å². The molecule has 2 atom stereocenters. The van der Waals surface area contributed by atoms with Crippen molar-refractivity contribution in [3.05, 3.63) is 197 Å². The van der Waals surface area contributed by atoms with Crippen molar-refractivity contribution in [1.29, 1.82) is 0 Å². The van der Waals surface area contributed by atoms with Gasteiger partial charge in [0, 0.05) is 17.4 Å². The molecule has 3 fully saturated rings. The zero-order valence-corrected chi connectivity index (χ0v) is 43.2. The van der Waals surface area contributed by atoms with Crippen LogP contribution in [0.25, 0.3) is 0 Å². The molecule has 5 heterocycles. The fourth-order valence-electron chi connectivity index (χ4n) is 7.66. The zero-order valence-electron chi connectivity index (χ0n) is 42.5. The van der Waals surface area contributed by atoms with Crippen LogP contribution in [0.5, 0.6) is 0 Å². The number of halogens is 1.